The number of nitriles is 4. The van der Waals surface area contributed by atoms with Gasteiger partial charge in [-0.1, -0.05) is 200 Å². The highest BCUT2D eigenvalue weighted by molar-refractivity contribution is 6.16. The van der Waals surface area contributed by atoms with Gasteiger partial charge in [0.25, 0.3) is 0 Å². The fraction of sp³-hybridized carbons (Fsp3) is 0. The summed E-state index contributed by atoms with van der Waals surface area (Å²) >= 11 is 0. The SMILES string of the molecule is N#Cc1cccc(-c2ccc3c(c2)c2ccccc2n3-c2cnccc2-c2ccc(-c3nc(-c4ccccc4)nc(-c4ccc(-c5ccncc5-n5c6ccccc6c6cc(-c7cccc(C#N)c7)ccc65)c(-n5c6ccccc6c6cc(-c7cccc(C#N)c7)ccc65)c4)n3)cc2-n2c3ccccc3c3cc(-c4cccc(C#N)c4)ccc32)c1. The largest absolute Gasteiger partial charge is 0.309 e. The Kier molecular flexibility index (Phi) is 16.4. The fourth-order valence-corrected chi connectivity index (χ4v) is 17.8. The predicted molar refractivity (Wildman–Crippen MR) is 481 cm³/mol. The molecule has 0 atom stereocenters. The zero-order valence-electron chi connectivity index (χ0n) is 64.0. The Morgan fingerprint density at radius 2 is 0.450 bits per heavy atom. The van der Waals surface area contributed by atoms with E-state index in [9.17, 15) is 21.0 Å². The molecule has 0 saturated carbocycles. The molecule has 7 aromatic heterocycles. The minimum atomic E-state index is 0.444. The molecule has 0 unspecified atom stereocenters. The summed E-state index contributed by atoms with van der Waals surface area (Å²) in [5.41, 5.74) is 27.3. The number of benzene rings is 15. The summed E-state index contributed by atoms with van der Waals surface area (Å²) < 4.78 is 9.36. The van der Waals surface area contributed by atoms with Crippen molar-refractivity contribution in [1.82, 2.24) is 43.2 Å². The van der Waals surface area contributed by atoms with Gasteiger partial charge < -0.3 is 18.3 Å². The van der Waals surface area contributed by atoms with E-state index in [1.54, 1.807) is 0 Å². The maximum atomic E-state index is 10.1. The van der Waals surface area contributed by atoms with Crippen molar-refractivity contribution in [1.29, 1.82) is 21.0 Å². The van der Waals surface area contributed by atoms with Gasteiger partial charge in [-0.15, -0.1) is 0 Å². The first-order valence-electron chi connectivity index (χ1n) is 39.5. The van der Waals surface area contributed by atoms with E-state index in [0.717, 1.165) is 193 Å². The first kappa shape index (κ1) is 69.5. The summed E-state index contributed by atoms with van der Waals surface area (Å²) in [4.78, 5) is 26.6. The first-order valence-corrected chi connectivity index (χ1v) is 39.5. The molecule has 0 spiro atoms. The van der Waals surface area contributed by atoms with Gasteiger partial charge in [-0.25, -0.2) is 15.0 Å². The molecule has 120 heavy (non-hydrogen) atoms. The van der Waals surface area contributed by atoms with Gasteiger partial charge in [-0.3, -0.25) is 9.97 Å². The lowest BCUT2D eigenvalue weighted by atomic mass is 9.99. The lowest BCUT2D eigenvalue weighted by molar-refractivity contribution is 1.07. The molecular formula is C107H61N13. The van der Waals surface area contributed by atoms with Crippen molar-refractivity contribution in [2.24, 2.45) is 0 Å². The summed E-state index contributed by atoms with van der Waals surface area (Å²) in [6.45, 7) is 0. The van der Waals surface area contributed by atoms with Crippen molar-refractivity contribution in [3.63, 3.8) is 0 Å². The van der Waals surface area contributed by atoms with Crippen LogP contribution in [0.5, 0.6) is 0 Å². The van der Waals surface area contributed by atoms with Crippen molar-refractivity contribution in [3.8, 4) is 148 Å². The Labute approximate surface area is 687 Å². The molecule has 0 N–H and O–H groups in total. The van der Waals surface area contributed by atoms with Gasteiger partial charge in [0, 0.05) is 94.4 Å². The van der Waals surface area contributed by atoms with Crippen molar-refractivity contribution in [2.75, 3.05) is 0 Å². The van der Waals surface area contributed by atoms with Crippen LogP contribution in [0.3, 0.4) is 0 Å². The van der Waals surface area contributed by atoms with Gasteiger partial charge >= 0.3 is 0 Å². The van der Waals surface area contributed by atoms with Crippen LogP contribution in [-0.2, 0) is 0 Å². The van der Waals surface area contributed by atoms with E-state index in [2.05, 4.69) is 285 Å². The molecule has 554 valence electrons. The number of para-hydroxylation sites is 4. The molecule has 0 aliphatic carbocycles. The van der Waals surface area contributed by atoms with Gasteiger partial charge in [-0.05, 0) is 190 Å². The van der Waals surface area contributed by atoms with E-state index < -0.39 is 0 Å². The zero-order chi connectivity index (χ0) is 80.1. The Hall–Kier alpha value is -17.2. The molecule has 0 aliphatic heterocycles. The monoisotopic (exact) mass is 1530 g/mol. The average Bonchev–Trinajstić information content (AvgIpc) is 1.55. The summed E-state index contributed by atoms with van der Waals surface area (Å²) in [7, 11) is 0. The number of hydrogen-bond donors (Lipinski definition) is 0. The van der Waals surface area contributed by atoms with Gasteiger partial charge in [0.05, 0.1) is 126 Å². The topological polar surface area (TPSA) is 179 Å². The molecule has 7 heterocycles. The third-order valence-electron chi connectivity index (χ3n) is 23.3. The van der Waals surface area contributed by atoms with E-state index in [1.165, 1.54) is 0 Å². The van der Waals surface area contributed by atoms with Gasteiger partial charge in [0.2, 0.25) is 0 Å². The van der Waals surface area contributed by atoms with Crippen LogP contribution in [0.4, 0.5) is 0 Å². The summed E-state index contributed by atoms with van der Waals surface area (Å²) in [5.74, 6) is 1.37. The maximum Gasteiger partial charge on any atom is 0.164 e. The van der Waals surface area contributed by atoms with Crippen LogP contribution in [0.2, 0.25) is 0 Å². The number of rotatable bonds is 13. The quantitative estimate of drug-likeness (QED) is 0.109. The predicted octanol–water partition coefficient (Wildman–Crippen LogP) is 25.5. The highest BCUT2D eigenvalue weighted by Gasteiger charge is 2.27. The molecule has 13 heteroatoms. The first-order chi connectivity index (χ1) is 59.3. The van der Waals surface area contributed by atoms with Crippen LogP contribution < -0.4 is 0 Å². The highest BCUT2D eigenvalue weighted by atomic mass is 15.1. The van der Waals surface area contributed by atoms with Gasteiger partial charge in [0.15, 0.2) is 17.5 Å². The van der Waals surface area contributed by atoms with Crippen LogP contribution in [0.1, 0.15) is 22.3 Å². The van der Waals surface area contributed by atoms with Gasteiger partial charge in [-0.2, -0.15) is 21.0 Å². The summed E-state index contributed by atoms with van der Waals surface area (Å²) in [5, 5.41) is 48.6. The second-order valence-corrected chi connectivity index (χ2v) is 30.0. The molecule has 0 bridgehead atoms. The number of fused-ring (bicyclic) bond motifs is 12. The fourth-order valence-electron chi connectivity index (χ4n) is 17.8. The number of hydrogen-bond acceptors (Lipinski definition) is 9. The number of pyridine rings is 2. The second-order valence-electron chi connectivity index (χ2n) is 30.0. The molecule has 15 aromatic carbocycles. The number of nitrogens with zero attached hydrogens (tertiary/aromatic N) is 13. The lowest BCUT2D eigenvalue weighted by Crippen LogP contribution is -2.05. The summed E-state index contributed by atoms with van der Waals surface area (Å²) in [6, 6.07) is 128. The van der Waals surface area contributed by atoms with Gasteiger partial charge in [0.1, 0.15) is 0 Å². The Morgan fingerprint density at radius 3 is 0.775 bits per heavy atom. The Morgan fingerprint density at radius 1 is 0.192 bits per heavy atom. The van der Waals surface area contributed by atoms with Crippen molar-refractivity contribution < 1.29 is 0 Å². The number of aromatic nitrogens is 9. The molecule has 0 aliphatic rings. The van der Waals surface area contributed by atoms with E-state index in [0.29, 0.717) is 39.7 Å². The summed E-state index contributed by atoms with van der Waals surface area (Å²) in [6.07, 6.45) is 7.65. The van der Waals surface area contributed by atoms with E-state index >= 15 is 0 Å². The third-order valence-corrected chi connectivity index (χ3v) is 23.3. The molecule has 22 rings (SSSR count). The Balaban J connectivity index is 0.776. The lowest BCUT2D eigenvalue weighted by Gasteiger charge is -2.20. The van der Waals surface area contributed by atoms with Crippen molar-refractivity contribution >= 4 is 87.2 Å². The van der Waals surface area contributed by atoms with Crippen LogP contribution in [-0.4, -0.2) is 43.2 Å². The van der Waals surface area contributed by atoms with Crippen LogP contribution in [0, 0.1) is 45.3 Å². The normalized spacial score (nSPS) is 11.5. The molecule has 0 fully saturated rings. The second kappa shape index (κ2) is 28.4. The maximum absolute atomic E-state index is 10.1. The van der Waals surface area contributed by atoms with Crippen LogP contribution in [0.15, 0.2) is 371 Å². The van der Waals surface area contributed by atoms with E-state index in [1.807, 2.05) is 128 Å². The Bertz CT molecular complexity index is 7790. The molecule has 22 aromatic rings. The standard InChI is InChI=1S/C107H61N13/c108-60-66-16-12-22-71(50-66)75-36-42-97-89(54-75)81-26-4-8-30-93(81)117(97)101-58-79(34-40-85(101)87-46-48-112-64-103(87)119-95-32-10-6-28-83(95)91-56-77(38-44-99(91)119)73-24-14-18-68(52-73)62-110)106-114-105(70-20-2-1-3-21-70)115-107(116-106)80-35-41-86(102(59-80)118-94-31-9-5-27-82(94)90-55-76(37-43-98(90)118)72-23-13-17-67(51-72)61-109)88-47-49-113-65-104(88)120-96-33-11-7-29-84(96)92-57-78(39-45-100(92)120)74-25-15-19-69(53-74)63-111/h1-59,64-65H. The molecular weight excluding hydrogens is 1470 g/mol. The average molecular weight is 1530 g/mol. The highest BCUT2D eigenvalue weighted by Crippen LogP contribution is 2.47. The zero-order valence-corrected chi connectivity index (χ0v) is 64.0. The third kappa shape index (κ3) is 11.5. The molecule has 13 nitrogen and oxygen atoms in total. The van der Waals surface area contributed by atoms with E-state index in [-0.39, 0.29) is 0 Å². The van der Waals surface area contributed by atoms with Crippen molar-refractivity contribution in [2.45, 2.75) is 0 Å². The van der Waals surface area contributed by atoms with Crippen molar-refractivity contribution in [3.05, 3.63) is 393 Å². The molecule has 0 saturated heterocycles. The van der Waals surface area contributed by atoms with Crippen LogP contribution >= 0.6 is 0 Å². The minimum Gasteiger partial charge on any atom is -0.309 e. The molecule has 0 amide bonds. The van der Waals surface area contributed by atoms with E-state index in [4.69, 9.17) is 24.9 Å². The van der Waals surface area contributed by atoms with Crippen LogP contribution in [0.25, 0.3) is 211 Å². The smallest absolute Gasteiger partial charge is 0.164 e. The molecule has 0 radical (unpaired) electrons. The minimum absolute atomic E-state index is 0.444.